The molecule has 1 saturated heterocycles. The highest BCUT2D eigenvalue weighted by atomic mass is 16.6. The lowest BCUT2D eigenvalue weighted by Gasteiger charge is -2.34. The third-order valence-corrected chi connectivity index (χ3v) is 2.97. The molecule has 0 aliphatic carbocycles. The number of rotatable bonds is 3. The summed E-state index contributed by atoms with van der Waals surface area (Å²) in [5, 5.41) is 8.89. The molecule has 1 aliphatic heterocycles. The summed E-state index contributed by atoms with van der Waals surface area (Å²) >= 11 is 0. The maximum Gasteiger partial charge on any atom is 0.409 e. The molecule has 0 saturated carbocycles. The Morgan fingerprint density at radius 3 is 2.60 bits per heavy atom. The van der Waals surface area contributed by atoms with E-state index in [1.165, 1.54) is 12.4 Å². The normalized spacial score (nSPS) is 15.1. The van der Waals surface area contributed by atoms with Crippen LogP contribution in [-0.2, 0) is 4.74 Å². The van der Waals surface area contributed by atoms with E-state index in [9.17, 15) is 9.59 Å². The molecule has 0 radical (unpaired) electrons. The number of carbonyl (C=O) groups excluding carboxylic acids is 1. The molecule has 20 heavy (non-hydrogen) atoms. The molecule has 2 rings (SSSR count). The van der Waals surface area contributed by atoms with Gasteiger partial charge >= 0.3 is 12.1 Å². The number of piperazine rings is 1. The zero-order valence-corrected chi connectivity index (χ0v) is 11.2. The number of hydrogen-bond acceptors (Lipinski definition) is 6. The number of aromatic nitrogens is 2. The van der Waals surface area contributed by atoms with Gasteiger partial charge in [0.25, 0.3) is 0 Å². The number of hydrogen-bond donors (Lipinski definition) is 1. The zero-order chi connectivity index (χ0) is 14.5. The number of nitrogens with zero attached hydrogens (tertiary/aromatic N) is 4. The second-order valence-electron chi connectivity index (χ2n) is 4.24. The number of ether oxygens (including phenoxy) is 1. The van der Waals surface area contributed by atoms with Crippen molar-refractivity contribution in [3.8, 4) is 0 Å². The van der Waals surface area contributed by atoms with Gasteiger partial charge in [0.05, 0.1) is 19.0 Å². The van der Waals surface area contributed by atoms with Crippen LogP contribution in [-0.4, -0.2) is 64.8 Å². The number of aromatic carboxylic acids is 1. The largest absolute Gasteiger partial charge is 0.476 e. The van der Waals surface area contributed by atoms with Gasteiger partial charge in [-0.2, -0.15) is 0 Å². The minimum Gasteiger partial charge on any atom is -0.476 e. The van der Waals surface area contributed by atoms with Crippen molar-refractivity contribution in [2.45, 2.75) is 6.92 Å². The predicted molar refractivity (Wildman–Crippen MR) is 69.8 cm³/mol. The Morgan fingerprint density at radius 2 is 2.00 bits per heavy atom. The second-order valence-corrected chi connectivity index (χ2v) is 4.24. The Kier molecular flexibility index (Phi) is 4.34. The Morgan fingerprint density at radius 1 is 1.30 bits per heavy atom. The van der Waals surface area contributed by atoms with Gasteiger partial charge in [-0.1, -0.05) is 0 Å². The van der Waals surface area contributed by atoms with E-state index in [0.29, 0.717) is 38.6 Å². The monoisotopic (exact) mass is 280 g/mol. The smallest absolute Gasteiger partial charge is 0.409 e. The van der Waals surface area contributed by atoms with Crippen LogP contribution in [0.25, 0.3) is 0 Å². The molecular formula is C12H16N4O4. The van der Waals surface area contributed by atoms with Gasteiger partial charge in [-0.05, 0) is 6.92 Å². The van der Waals surface area contributed by atoms with Gasteiger partial charge in [0, 0.05) is 26.2 Å². The summed E-state index contributed by atoms with van der Waals surface area (Å²) in [6, 6.07) is 0. The van der Waals surface area contributed by atoms with E-state index in [-0.39, 0.29) is 11.8 Å². The maximum absolute atomic E-state index is 11.6. The highest BCUT2D eigenvalue weighted by Gasteiger charge is 2.23. The molecule has 0 bridgehead atoms. The molecule has 0 aromatic carbocycles. The SMILES string of the molecule is CCOC(=O)N1CCN(c2cncc(C(=O)O)n2)CC1. The van der Waals surface area contributed by atoms with Gasteiger partial charge in [-0.3, -0.25) is 4.98 Å². The average Bonchev–Trinajstić information content (AvgIpc) is 2.48. The van der Waals surface area contributed by atoms with Crippen molar-refractivity contribution >= 4 is 17.9 Å². The van der Waals surface area contributed by atoms with E-state index in [4.69, 9.17) is 9.84 Å². The van der Waals surface area contributed by atoms with Crippen LogP contribution in [0.15, 0.2) is 12.4 Å². The second kappa shape index (κ2) is 6.18. The maximum atomic E-state index is 11.6. The predicted octanol–water partition coefficient (Wildman–Crippen LogP) is 0.453. The van der Waals surface area contributed by atoms with Crippen LogP contribution in [0.3, 0.4) is 0 Å². The van der Waals surface area contributed by atoms with Gasteiger partial charge in [0.2, 0.25) is 0 Å². The first kappa shape index (κ1) is 14.0. The number of carbonyl (C=O) groups is 2. The van der Waals surface area contributed by atoms with E-state index in [1.54, 1.807) is 11.8 Å². The fourth-order valence-electron chi connectivity index (χ4n) is 1.94. The minimum absolute atomic E-state index is 0.0877. The fourth-order valence-corrected chi connectivity index (χ4v) is 1.94. The number of anilines is 1. The van der Waals surface area contributed by atoms with Gasteiger partial charge in [0.15, 0.2) is 5.69 Å². The van der Waals surface area contributed by atoms with Crippen LogP contribution >= 0.6 is 0 Å². The summed E-state index contributed by atoms with van der Waals surface area (Å²) in [6.07, 6.45) is 2.41. The number of amides is 1. The van der Waals surface area contributed by atoms with Gasteiger partial charge in [-0.25, -0.2) is 14.6 Å². The van der Waals surface area contributed by atoms with E-state index < -0.39 is 5.97 Å². The van der Waals surface area contributed by atoms with Gasteiger partial charge < -0.3 is 19.6 Å². The van der Waals surface area contributed by atoms with E-state index >= 15 is 0 Å². The van der Waals surface area contributed by atoms with Crippen LogP contribution in [0.5, 0.6) is 0 Å². The van der Waals surface area contributed by atoms with E-state index in [0.717, 1.165) is 0 Å². The molecule has 0 unspecified atom stereocenters. The van der Waals surface area contributed by atoms with E-state index in [1.807, 2.05) is 4.90 Å². The Bertz CT molecular complexity index is 500. The van der Waals surface area contributed by atoms with Crippen molar-refractivity contribution in [1.29, 1.82) is 0 Å². The van der Waals surface area contributed by atoms with Crippen molar-refractivity contribution in [2.24, 2.45) is 0 Å². The molecule has 0 spiro atoms. The Hall–Kier alpha value is -2.38. The lowest BCUT2D eigenvalue weighted by molar-refractivity contribution is 0.0690. The van der Waals surface area contributed by atoms with Crippen LogP contribution in [0.4, 0.5) is 10.6 Å². The highest BCUT2D eigenvalue weighted by molar-refractivity contribution is 5.85. The summed E-state index contributed by atoms with van der Waals surface area (Å²) < 4.78 is 4.94. The summed E-state index contributed by atoms with van der Waals surface area (Å²) in [5.74, 6) is -0.599. The first-order valence-electron chi connectivity index (χ1n) is 6.33. The molecule has 8 nitrogen and oxygen atoms in total. The summed E-state index contributed by atoms with van der Waals surface area (Å²) in [7, 11) is 0. The van der Waals surface area contributed by atoms with Gasteiger partial charge in [0.1, 0.15) is 5.82 Å². The minimum atomic E-state index is -1.11. The van der Waals surface area contributed by atoms with Crippen molar-refractivity contribution in [3.63, 3.8) is 0 Å². The Labute approximate surface area is 116 Å². The third kappa shape index (κ3) is 3.14. The topological polar surface area (TPSA) is 95.9 Å². The van der Waals surface area contributed by atoms with Crippen molar-refractivity contribution in [2.75, 3.05) is 37.7 Å². The molecule has 1 aromatic rings. The molecule has 1 N–H and O–H groups in total. The molecule has 1 aromatic heterocycles. The van der Waals surface area contributed by atoms with Gasteiger partial charge in [-0.15, -0.1) is 0 Å². The molecule has 0 atom stereocenters. The number of carboxylic acids is 1. The number of carboxylic acid groups (broad SMARTS) is 1. The lowest BCUT2D eigenvalue weighted by atomic mass is 10.3. The van der Waals surface area contributed by atoms with Crippen LogP contribution in [0.2, 0.25) is 0 Å². The molecule has 108 valence electrons. The molecule has 1 amide bonds. The van der Waals surface area contributed by atoms with Crippen molar-refractivity contribution in [3.05, 3.63) is 18.1 Å². The van der Waals surface area contributed by atoms with Crippen molar-refractivity contribution < 1.29 is 19.4 Å². The first-order valence-corrected chi connectivity index (χ1v) is 6.33. The lowest BCUT2D eigenvalue weighted by Crippen LogP contribution is -2.49. The molecule has 2 heterocycles. The molecular weight excluding hydrogens is 264 g/mol. The molecule has 8 heteroatoms. The summed E-state index contributed by atoms with van der Waals surface area (Å²) in [4.78, 5) is 33.8. The fraction of sp³-hybridized carbons (Fsp3) is 0.500. The average molecular weight is 280 g/mol. The first-order chi connectivity index (χ1) is 9.61. The van der Waals surface area contributed by atoms with Crippen LogP contribution in [0.1, 0.15) is 17.4 Å². The van der Waals surface area contributed by atoms with Crippen molar-refractivity contribution in [1.82, 2.24) is 14.9 Å². The van der Waals surface area contributed by atoms with Crippen LogP contribution in [0, 0.1) is 0 Å². The molecule has 1 aliphatic rings. The van der Waals surface area contributed by atoms with Crippen LogP contribution < -0.4 is 4.90 Å². The summed E-state index contributed by atoms with van der Waals surface area (Å²) in [6.45, 7) is 4.27. The standard InChI is InChI=1S/C12H16N4O4/c1-2-20-12(19)16-5-3-15(4-6-16)10-8-13-7-9(14-10)11(17)18/h7-8H,2-6H2,1H3,(H,17,18). The quantitative estimate of drug-likeness (QED) is 0.858. The Balaban J connectivity index is 1.98. The third-order valence-electron chi connectivity index (χ3n) is 2.97. The zero-order valence-electron chi connectivity index (χ0n) is 11.2. The molecule has 1 fully saturated rings. The van der Waals surface area contributed by atoms with E-state index in [2.05, 4.69) is 9.97 Å². The summed E-state index contributed by atoms with van der Waals surface area (Å²) in [5.41, 5.74) is -0.0877. The highest BCUT2D eigenvalue weighted by Crippen LogP contribution is 2.13.